The summed E-state index contributed by atoms with van der Waals surface area (Å²) in [4.78, 5) is 44.9. The number of unbranched alkanes of at least 4 members (excludes halogenated alkanes) is 1. The number of amides is 2. The van der Waals surface area contributed by atoms with Gasteiger partial charge in [0.25, 0.3) is 0 Å². The number of hydrogen-bond donors (Lipinski definition) is 1. The van der Waals surface area contributed by atoms with Gasteiger partial charge in [0.2, 0.25) is 11.8 Å². The smallest absolute Gasteiger partial charge is 0.311 e. The van der Waals surface area contributed by atoms with Gasteiger partial charge in [-0.05, 0) is 32.1 Å². The normalized spacial score (nSPS) is 36.7. The molecule has 0 aromatic carbocycles. The lowest BCUT2D eigenvalue weighted by Gasteiger charge is -2.39. The van der Waals surface area contributed by atoms with Crippen molar-refractivity contribution >= 4 is 29.5 Å². The van der Waals surface area contributed by atoms with Crippen LogP contribution in [0.2, 0.25) is 0 Å². The number of cyclic esters (lactones) is 1. The number of carbonyl (C=O) groups excluding carboxylic acids is 3. The summed E-state index contributed by atoms with van der Waals surface area (Å²) < 4.78 is 4.75. The molecule has 0 aromatic heterocycles. The number of esters is 1. The molecule has 4 heterocycles. The summed E-state index contributed by atoms with van der Waals surface area (Å²) in [6.45, 7) is 1.36. The second-order valence-electron chi connectivity index (χ2n) is 9.87. The molecule has 1 N–H and O–H groups in total. The first-order valence-electron chi connectivity index (χ1n) is 12.5. The van der Waals surface area contributed by atoms with Crippen molar-refractivity contribution in [3.63, 3.8) is 0 Å². The Labute approximate surface area is 199 Å². The minimum absolute atomic E-state index is 0.0193. The molecule has 5 rings (SSSR count). The first-order valence-corrected chi connectivity index (χ1v) is 13.4. The first kappa shape index (κ1) is 23.0. The molecule has 7 nitrogen and oxygen atoms in total. The molecule has 0 bridgehead atoms. The van der Waals surface area contributed by atoms with E-state index in [9.17, 15) is 19.5 Å². The highest BCUT2D eigenvalue weighted by Gasteiger charge is 2.71. The maximum Gasteiger partial charge on any atom is 0.311 e. The molecule has 8 heteroatoms. The van der Waals surface area contributed by atoms with Gasteiger partial charge in [0.1, 0.15) is 6.04 Å². The number of carbonyl (C=O) groups is 3. The molecule has 1 spiro atoms. The number of thioether (sulfide) groups is 1. The monoisotopic (exact) mass is 474 g/mol. The number of nitrogens with zero attached hydrogens (tertiary/aromatic N) is 2. The van der Waals surface area contributed by atoms with E-state index in [1.54, 1.807) is 16.7 Å². The Morgan fingerprint density at radius 1 is 1.09 bits per heavy atom. The van der Waals surface area contributed by atoms with E-state index in [1.807, 2.05) is 17.1 Å². The number of ether oxygens (including phenoxy) is 1. The first-order chi connectivity index (χ1) is 16.1. The zero-order chi connectivity index (χ0) is 23.0. The highest BCUT2D eigenvalue weighted by atomic mass is 32.2. The van der Waals surface area contributed by atoms with Crippen molar-refractivity contribution in [1.29, 1.82) is 0 Å². The van der Waals surface area contributed by atoms with Crippen molar-refractivity contribution in [3.05, 3.63) is 24.3 Å². The molecule has 0 aromatic rings. The topological polar surface area (TPSA) is 87.2 Å². The third-order valence-corrected chi connectivity index (χ3v) is 9.72. The van der Waals surface area contributed by atoms with E-state index in [0.717, 1.165) is 25.7 Å². The van der Waals surface area contributed by atoms with Gasteiger partial charge >= 0.3 is 5.97 Å². The largest absolute Gasteiger partial charge is 0.465 e. The Kier molecular flexibility index (Phi) is 6.58. The van der Waals surface area contributed by atoms with E-state index in [4.69, 9.17) is 4.74 Å². The van der Waals surface area contributed by atoms with Crippen LogP contribution in [-0.2, 0) is 19.1 Å². The number of likely N-dealkylation sites (tertiary alicyclic amines) is 1. The lowest BCUT2D eigenvalue weighted by molar-refractivity contribution is -0.153. The van der Waals surface area contributed by atoms with Gasteiger partial charge in [-0.25, -0.2) is 0 Å². The van der Waals surface area contributed by atoms with Crippen molar-refractivity contribution in [2.75, 3.05) is 26.3 Å². The van der Waals surface area contributed by atoms with Crippen LogP contribution in [0.25, 0.3) is 0 Å². The second-order valence-corrected chi connectivity index (χ2v) is 11.4. The Bertz CT molecular complexity index is 854. The number of rotatable bonds is 5. The van der Waals surface area contributed by atoms with Gasteiger partial charge in [-0.15, -0.1) is 11.8 Å². The van der Waals surface area contributed by atoms with Crippen LogP contribution in [0.15, 0.2) is 24.3 Å². The van der Waals surface area contributed by atoms with Gasteiger partial charge in [0.05, 0.1) is 23.2 Å². The quantitative estimate of drug-likeness (QED) is 0.374. The molecule has 2 amide bonds. The predicted octanol–water partition coefficient (Wildman–Crippen LogP) is 2.29. The van der Waals surface area contributed by atoms with E-state index in [2.05, 4.69) is 12.2 Å². The van der Waals surface area contributed by atoms with Crippen LogP contribution in [0.1, 0.15) is 51.4 Å². The summed E-state index contributed by atoms with van der Waals surface area (Å²) in [5.41, 5.74) is 0. The fourth-order valence-corrected chi connectivity index (χ4v) is 8.48. The molecule has 4 aliphatic heterocycles. The third kappa shape index (κ3) is 3.83. The van der Waals surface area contributed by atoms with Gasteiger partial charge in [-0.2, -0.15) is 0 Å². The maximum atomic E-state index is 14.2. The summed E-state index contributed by atoms with van der Waals surface area (Å²) in [5.74, 6) is -1.60. The highest BCUT2D eigenvalue weighted by molar-refractivity contribution is 8.02. The highest BCUT2D eigenvalue weighted by Crippen LogP contribution is 2.61. The van der Waals surface area contributed by atoms with Crippen molar-refractivity contribution < 1.29 is 24.2 Å². The Morgan fingerprint density at radius 2 is 1.91 bits per heavy atom. The number of fused-ring (bicyclic) bond motifs is 2. The zero-order valence-electron chi connectivity index (χ0n) is 19.1. The van der Waals surface area contributed by atoms with Crippen LogP contribution in [-0.4, -0.2) is 81.1 Å². The molecule has 3 fully saturated rings. The molecule has 1 saturated carbocycles. The summed E-state index contributed by atoms with van der Waals surface area (Å²) in [6.07, 6.45) is 15.6. The lowest BCUT2D eigenvalue weighted by atomic mass is 9.78. The minimum atomic E-state index is -0.764. The van der Waals surface area contributed by atoms with Crippen LogP contribution in [0, 0.1) is 11.8 Å². The average molecular weight is 475 g/mol. The van der Waals surface area contributed by atoms with Crippen molar-refractivity contribution in [2.24, 2.45) is 11.8 Å². The second kappa shape index (κ2) is 9.45. The SMILES string of the molecule is O=C1OCCC=C[C@H]2S[C@]34C=CCN(C5CCCCC5)C(=O)C3N(CCCCO)C(=O)[C@@H]4[C@@H]12. The molecule has 33 heavy (non-hydrogen) atoms. The molecule has 5 aliphatic rings. The van der Waals surface area contributed by atoms with Gasteiger partial charge in [-0.1, -0.05) is 43.6 Å². The number of hydrogen-bond acceptors (Lipinski definition) is 6. The molecular weight excluding hydrogens is 440 g/mol. The van der Waals surface area contributed by atoms with Crippen LogP contribution < -0.4 is 0 Å². The number of aliphatic hydroxyl groups excluding tert-OH is 1. The Morgan fingerprint density at radius 3 is 2.70 bits per heavy atom. The third-order valence-electron chi connectivity index (χ3n) is 7.97. The predicted molar refractivity (Wildman–Crippen MR) is 125 cm³/mol. The zero-order valence-corrected chi connectivity index (χ0v) is 19.9. The summed E-state index contributed by atoms with van der Waals surface area (Å²) in [7, 11) is 0. The Balaban J connectivity index is 1.54. The van der Waals surface area contributed by atoms with Crippen LogP contribution in [0.4, 0.5) is 0 Å². The molecule has 1 aliphatic carbocycles. The molecule has 5 atom stereocenters. The minimum Gasteiger partial charge on any atom is -0.465 e. The maximum absolute atomic E-state index is 14.2. The average Bonchev–Trinajstić information content (AvgIpc) is 3.18. The van der Waals surface area contributed by atoms with E-state index in [0.29, 0.717) is 39.0 Å². The van der Waals surface area contributed by atoms with Crippen molar-refractivity contribution in [3.8, 4) is 0 Å². The van der Waals surface area contributed by atoms with Gasteiger partial charge in [0, 0.05) is 31.0 Å². The van der Waals surface area contributed by atoms with Crippen molar-refractivity contribution in [1.82, 2.24) is 9.80 Å². The van der Waals surface area contributed by atoms with Gasteiger partial charge < -0.3 is 19.6 Å². The summed E-state index contributed by atoms with van der Waals surface area (Å²) in [5, 5.41) is 9.12. The van der Waals surface area contributed by atoms with Crippen LogP contribution >= 0.6 is 11.8 Å². The van der Waals surface area contributed by atoms with E-state index >= 15 is 0 Å². The van der Waals surface area contributed by atoms with E-state index in [-0.39, 0.29) is 35.7 Å². The van der Waals surface area contributed by atoms with E-state index < -0.39 is 22.6 Å². The summed E-state index contributed by atoms with van der Waals surface area (Å²) in [6, 6.07) is -0.404. The molecule has 2 saturated heterocycles. The van der Waals surface area contributed by atoms with Crippen LogP contribution in [0.5, 0.6) is 0 Å². The van der Waals surface area contributed by atoms with Crippen molar-refractivity contribution in [2.45, 2.75) is 73.4 Å². The fraction of sp³-hybridized carbons (Fsp3) is 0.720. The molecule has 0 radical (unpaired) electrons. The van der Waals surface area contributed by atoms with Crippen LogP contribution in [0.3, 0.4) is 0 Å². The molecular formula is C25H34N2O5S. The lowest BCUT2D eigenvalue weighted by Crippen LogP contribution is -2.55. The standard InChI is InChI=1S/C25H34N2O5S/c28-15-6-5-13-27-21-23(30)26(17-9-2-1-3-10-17)14-8-12-25(21)20(22(27)29)19-18(33-25)11-4-7-16-32-24(19)31/h4,8,11-12,17-21,28H,1-3,5-7,9-10,13-16H2/t18-,19+,20+,21?,25+/m1/s1. The van der Waals surface area contributed by atoms with E-state index in [1.165, 1.54) is 6.42 Å². The fourth-order valence-electron chi connectivity index (χ4n) is 6.48. The van der Waals surface area contributed by atoms with Gasteiger partial charge in [0.15, 0.2) is 0 Å². The molecule has 1 unspecified atom stereocenters. The number of aliphatic hydroxyl groups is 1. The molecule has 180 valence electrons. The van der Waals surface area contributed by atoms with Gasteiger partial charge in [-0.3, -0.25) is 14.4 Å². The Hall–Kier alpha value is -1.80. The summed E-state index contributed by atoms with van der Waals surface area (Å²) >= 11 is 1.60.